The lowest BCUT2D eigenvalue weighted by Gasteiger charge is -1.98. The highest BCUT2D eigenvalue weighted by Gasteiger charge is 2.18. The van der Waals surface area contributed by atoms with Crippen molar-refractivity contribution in [1.29, 1.82) is 0 Å². The number of ketones is 1. The minimum absolute atomic E-state index is 0.000457. The van der Waals surface area contributed by atoms with E-state index in [9.17, 15) is 4.79 Å². The molecule has 0 fully saturated rings. The molecule has 0 spiro atoms. The number of fused-ring (bicyclic) bond motifs is 1. The number of benzene rings is 1. The van der Waals surface area contributed by atoms with Gasteiger partial charge in [-0.25, -0.2) is 0 Å². The highest BCUT2D eigenvalue weighted by molar-refractivity contribution is 6.06. The van der Waals surface area contributed by atoms with Gasteiger partial charge >= 0.3 is 0 Å². The van der Waals surface area contributed by atoms with Crippen molar-refractivity contribution < 1.29 is 4.79 Å². The first-order chi connectivity index (χ1) is 9.16. The van der Waals surface area contributed by atoms with Gasteiger partial charge in [-0.3, -0.25) is 4.79 Å². The quantitative estimate of drug-likeness (QED) is 0.658. The van der Waals surface area contributed by atoms with Crippen LogP contribution in [0.5, 0.6) is 0 Å². The smallest absolute Gasteiger partial charge is 0.164 e. The molecule has 0 amide bonds. The second-order valence-electron chi connectivity index (χ2n) is 4.50. The maximum atomic E-state index is 11.9. The lowest BCUT2D eigenvalue weighted by Crippen LogP contribution is -1.96. The van der Waals surface area contributed by atoms with Crippen LogP contribution in [0.4, 0.5) is 0 Å². The molecule has 0 aliphatic rings. The second-order valence-corrected chi connectivity index (χ2v) is 4.50. The molecule has 0 aliphatic heterocycles. The molecule has 1 aromatic carbocycles. The Labute approximate surface area is 110 Å². The standard InChI is InChI=1S/C15H13N3O/c1-10-8-9-13-14(11(2)19)15(17-18(13)16-10)12-6-4-3-5-7-12/h3-9H,1-2H3. The molecule has 0 radical (unpaired) electrons. The zero-order valence-corrected chi connectivity index (χ0v) is 10.8. The van der Waals surface area contributed by atoms with Crippen LogP contribution in [0.3, 0.4) is 0 Å². The largest absolute Gasteiger partial charge is 0.294 e. The first-order valence-electron chi connectivity index (χ1n) is 6.10. The third-order valence-electron chi connectivity index (χ3n) is 3.04. The fourth-order valence-electron chi connectivity index (χ4n) is 2.17. The normalized spacial score (nSPS) is 10.8. The lowest BCUT2D eigenvalue weighted by molar-refractivity contribution is 0.102. The summed E-state index contributed by atoms with van der Waals surface area (Å²) in [6.45, 7) is 3.46. The fourth-order valence-corrected chi connectivity index (χ4v) is 2.17. The molecule has 0 atom stereocenters. The number of rotatable bonds is 2. The molecule has 3 rings (SSSR count). The van der Waals surface area contributed by atoms with Crippen molar-refractivity contribution in [3.05, 3.63) is 53.7 Å². The van der Waals surface area contributed by atoms with Crippen LogP contribution in [0, 0.1) is 6.92 Å². The minimum atomic E-state index is -0.000457. The van der Waals surface area contributed by atoms with E-state index in [4.69, 9.17) is 0 Å². The van der Waals surface area contributed by atoms with Crippen LogP contribution in [0.2, 0.25) is 0 Å². The van der Waals surface area contributed by atoms with Crippen LogP contribution in [-0.4, -0.2) is 20.6 Å². The van der Waals surface area contributed by atoms with E-state index in [0.717, 1.165) is 16.8 Å². The Balaban J connectivity index is 2.35. The van der Waals surface area contributed by atoms with Gasteiger partial charge < -0.3 is 0 Å². The molecule has 19 heavy (non-hydrogen) atoms. The van der Waals surface area contributed by atoms with E-state index in [2.05, 4.69) is 10.2 Å². The number of aryl methyl sites for hydroxylation is 1. The van der Waals surface area contributed by atoms with Crippen molar-refractivity contribution in [3.8, 4) is 11.3 Å². The number of Topliss-reactive ketones (excluding diaryl/α,β-unsaturated/α-hetero) is 1. The molecule has 0 aliphatic carbocycles. The van der Waals surface area contributed by atoms with E-state index in [0.29, 0.717) is 11.3 Å². The minimum Gasteiger partial charge on any atom is -0.294 e. The Hall–Kier alpha value is -2.49. The molecule has 0 N–H and O–H groups in total. The Kier molecular flexibility index (Phi) is 2.63. The van der Waals surface area contributed by atoms with Crippen molar-refractivity contribution in [2.24, 2.45) is 0 Å². The number of carbonyl (C=O) groups is 1. The summed E-state index contributed by atoms with van der Waals surface area (Å²) in [6, 6.07) is 13.5. The Morgan fingerprint density at radius 1 is 1.05 bits per heavy atom. The van der Waals surface area contributed by atoms with E-state index in [1.165, 1.54) is 4.63 Å². The highest BCUT2D eigenvalue weighted by Crippen LogP contribution is 2.26. The van der Waals surface area contributed by atoms with Crippen LogP contribution in [0.25, 0.3) is 16.8 Å². The number of carbonyl (C=O) groups excluding carboxylic acids is 1. The predicted molar refractivity (Wildman–Crippen MR) is 73.2 cm³/mol. The summed E-state index contributed by atoms with van der Waals surface area (Å²) in [5, 5.41) is 8.77. The van der Waals surface area contributed by atoms with Crippen LogP contribution in [0.15, 0.2) is 42.5 Å². The van der Waals surface area contributed by atoms with Crippen LogP contribution in [-0.2, 0) is 0 Å². The van der Waals surface area contributed by atoms with Gasteiger partial charge in [0.05, 0.1) is 16.8 Å². The Morgan fingerprint density at radius 2 is 1.79 bits per heavy atom. The van der Waals surface area contributed by atoms with Gasteiger partial charge in [-0.2, -0.15) is 9.73 Å². The van der Waals surface area contributed by atoms with Crippen molar-refractivity contribution in [1.82, 2.24) is 14.8 Å². The summed E-state index contributed by atoms with van der Waals surface area (Å²) in [5.41, 5.74) is 3.85. The van der Waals surface area contributed by atoms with Crippen molar-refractivity contribution in [2.75, 3.05) is 0 Å². The van der Waals surface area contributed by atoms with E-state index in [-0.39, 0.29) is 5.78 Å². The van der Waals surface area contributed by atoms with E-state index >= 15 is 0 Å². The molecule has 4 heteroatoms. The van der Waals surface area contributed by atoms with E-state index in [1.54, 1.807) is 6.92 Å². The number of hydrogen-bond donors (Lipinski definition) is 0. The summed E-state index contributed by atoms with van der Waals surface area (Å²) >= 11 is 0. The van der Waals surface area contributed by atoms with Gasteiger partial charge in [0, 0.05) is 5.56 Å². The van der Waals surface area contributed by atoms with Gasteiger partial charge in [-0.1, -0.05) is 30.3 Å². The van der Waals surface area contributed by atoms with Gasteiger partial charge in [-0.15, -0.1) is 5.10 Å². The topological polar surface area (TPSA) is 47.3 Å². The van der Waals surface area contributed by atoms with Crippen LogP contribution in [0.1, 0.15) is 23.0 Å². The summed E-state index contributed by atoms with van der Waals surface area (Å²) in [4.78, 5) is 11.9. The molecular formula is C15H13N3O. The van der Waals surface area contributed by atoms with Gasteiger partial charge in [0.1, 0.15) is 5.69 Å². The molecule has 0 saturated heterocycles. The molecule has 4 nitrogen and oxygen atoms in total. The molecule has 94 valence electrons. The molecule has 3 aromatic rings. The monoisotopic (exact) mass is 251 g/mol. The summed E-state index contributed by atoms with van der Waals surface area (Å²) in [6.07, 6.45) is 0. The molecule has 0 unspecified atom stereocenters. The van der Waals surface area contributed by atoms with Gasteiger partial charge in [-0.05, 0) is 26.0 Å². The predicted octanol–water partition coefficient (Wildman–Crippen LogP) is 2.91. The van der Waals surface area contributed by atoms with Gasteiger partial charge in [0.25, 0.3) is 0 Å². The van der Waals surface area contributed by atoms with Gasteiger partial charge in [0.15, 0.2) is 5.78 Å². The molecular weight excluding hydrogens is 238 g/mol. The first-order valence-corrected chi connectivity index (χ1v) is 6.10. The zero-order chi connectivity index (χ0) is 13.4. The maximum Gasteiger partial charge on any atom is 0.164 e. The average Bonchev–Trinajstić information content (AvgIpc) is 2.78. The number of aromatic nitrogens is 3. The fraction of sp³-hybridized carbons (Fsp3) is 0.133. The van der Waals surface area contributed by atoms with Crippen LogP contribution < -0.4 is 0 Å². The molecule has 2 heterocycles. The lowest BCUT2D eigenvalue weighted by atomic mass is 10.0. The third kappa shape index (κ3) is 1.91. The second kappa shape index (κ2) is 4.31. The summed E-state index contributed by atoms with van der Waals surface area (Å²) in [7, 11) is 0. The highest BCUT2D eigenvalue weighted by atomic mass is 16.1. The van der Waals surface area contributed by atoms with Crippen LogP contribution >= 0.6 is 0 Å². The SMILES string of the molecule is CC(=O)c1c(-c2ccccc2)nn2nc(C)ccc12. The first kappa shape index (κ1) is 11.6. The molecule has 0 saturated carbocycles. The molecule has 2 aromatic heterocycles. The van der Waals surface area contributed by atoms with Crippen molar-refractivity contribution in [2.45, 2.75) is 13.8 Å². The van der Waals surface area contributed by atoms with Crippen molar-refractivity contribution >= 4 is 11.3 Å². The van der Waals surface area contributed by atoms with E-state index < -0.39 is 0 Å². The van der Waals surface area contributed by atoms with Crippen molar-refractivity contribution in [3.63, 3.8) is 0 Å². The Bertz CT molecular complexity index is 760. The summed E-state index contributed by atoms with van der Waals surface area (Å²) < 4.78 is 1.54. The van der Waals surface area contributed by atoms with E-state index in [1.807, 2.05) is 49.4 Å². The third-order valence-corrected chi connectivity index (χ3v) is 3.04. The Morgan fingerprint density at radius 3 is 2.47 bits per heavy atom. The zero-order valence-electron chi connectivity index (χ0n) is 10.8. The molecule has 0 bridgehead atoms. The summed E-state index contributed by atoms with van der Waals surface area (Å²) in [5.74, 6) is -0.000457. The maximum absolute atomic E-state index is 11.9. The number of hydrogen-bond acceptors (Lipinski definition) is 3. The number of nitrogens with zero attached hydrogens (tertiary/aromatic N) is 3. The average molecular weight is 251 g/mol. The van der Waals surface area contributed by atoms with Gasteiger partial charge in [0.2, 0.25) is 0 Å².